The van der Waals surface area contributed by atoms with Crippen molar-refractivity contribution >= 4 is 0 Å². The van der Waals surface area contributed by atoms with E-state index >= 15 is 0 Å². The molecule has 6 heteroatoms. The molecule has 0 aliphatic carbocycles. The van der Waals surface area contributed by atoms with Crippen molar-refractivity contribution in [2.45, 2.75) is 12.7 Å². The van der Waals surface area contributed by atoms with Gasteiger partial charge in [0.2, 0.25) is 0 Å². The van der Waals surface area contributed by atoms with E-state index in [1.807, 2.05) is 18.2 Å². The average Bonchev–Trinajstić information content (AvgIpc) is 2.47. The molecule has 0 aliphatic heterocycles. The first-order chi connectivity index (χ1) is 10.1. The maximum Gasteiger partial charge on any atom is 0.419 e. The van der Waals surface area contributed by atoms with Crippen LogP contribution in [0.15, 0.2) is 48.7 Å². The van der Waals surface area contributed by atoms with Crippen LogP contribution in [0.5, 0.6) is 5.75 Å². The van der Waals surface area contributed by atoms with Crippen LogP contribution in [-0.2, 0) is 12.7 Å². The molecule has 0 radical (unpaired) electrons. The molecule has 1 aromatic heterocycles. The fourth-order valence-electron chi connectivity index (χ4n) is 1.78. The molecule has 2 aromatic rings. The maximum atomic E-state index is 12.7. The van der Waals surface area contributed by atoms with Crippen molar-refractivity contribution in [3.05, 3.63) is 59.9 Å². The Kier molecular flexibility index (Phi) is 5.16. The number of nitrogens with zero attached hydrogens (tertiary/aromatic N) is 1. The summed E-state index contributed by atoms with van der Waals surface area (Å²) in [5.41, 5.74) is 0.114. The number of hydrogen-bond acceptors (Lipinski definition) is 3. The van der Waals surface area contributed by atoms with E-state index in [1.54, 1.807) is 6.20 Å². The van der Waals surface area contributed by atoms with E-state index in [0.717, 1.165) is 11.8 Å². The molecule has 3 nitrogen and oxygen atoms in total. The fourth-order valence-corrected chi connectivity index (χ4v) is 1.78. The molecule has 0 bridgehead atoms. The number of halogens is 3. The molecule has 0 aliphatic rings. The summed E-state index contributed by atoms with van der Waals surface area (Å²) in [6.07, 6.45) is -2.72. The van der Waals surface area contributed by atoms with E-state index in [4.69, 9.17) is 4.74 Å². The van der Waals surface area contributed by atoms with Crippen molar-refractivity contribution in [2.75, 3.05) is 13.2 Å². The van der Waals surface area contributed by atoms with Gasteiger partial charge in [0.25, 0.3) is 0 Å². The van der Waals surface area contributed by atoms with Gasteiger partial charge in [-0.2, -0.15) is 13.2 Å². The number of hydrogen-bond donors (Lipinski definition) is 1. The summed E-state index contributed by atoms with van der Waals surface area (Å²) in [5.74, 6) is -0.148. The number of rotatable bonds is 6. The Balaban J connectivity index is 1.79. The zero-order valence-corrected chi connectivity index (χ0v) is 11.2. The van der Waals surface area contributed by atoms with Crippen LogP contribution in [0, 0.1) is 0 Å². The Bertz CT molecular complexity index is 558. The van der Waals surface area contributed by atoms with Gasteiger partial charge in [-0.25, -0.2) is 0 Å². The molecule has 0 unspecified atom stereocenters. The Labute approximate surface area is 120 Å². The van der Waals surface area contributed by atoms with Crippen molar-refractivity contribution in [1.82, 2.24) is 10.3 Å². The second-order valence-corrected chi connectivity index (χ2v) is 4.34. The van der Waals surface area contributed by atoms with Gasteiger partial charge in [0.05, 0.1) is 11.3 Å². The summed E-state index contributed by atoms with van der Waals surface area (Å²) in [7, 11) is 0. The zero-order chi connectivity index (χ0) is 15.1. The van der Waals surface area contributed by atoms with Gasteiger partial charge >= 0.3 is 6.18 Å². The van der Waals surface area contributed by atoms with E-state index in [-0.39, 0.29) is 12.4 Å². The smallest absolute Gasteiger partial charge is 0.419 e. The van der Waals surface area contributed by atoms with E-state index in [0.29, 0.717) is 13.1 Å². The van der Waals surface area contributed by atoms with Gasteiger partial charge in [0.15, 0.2) is 0 Å². The maximum absolute atomic E-state index is 12.7. The molecule has 0 amide bonds. The zero-order valence-electron chi connectivity index (χ0n) is 11.2. The topological polar surface area (TPSA) is 34.1 Å². The van der Waals surface area contributed by atoms with Gasteiger partial charge in [-0.15, -0.1) is 0 Å². The largest absolute Gasteiger partial charge is 0.492 e. The van der Waals surface area contributed by atoms with Crippen LogP contribution in [0.2, 0.25) is 0 Å². The molecule has 21 heavy (non-hydrogen) atoms. The Morgan fingerprint density at radius 2 is 1.81 bits per heavy atom. The van der Waals surface area contributed by atoms with Crippen LogP contribution in [0.1, 0.15) is 11.3 Å². The van der Waals surface area contributed by atoms with E-state index in [1.165, 1.54) is 18.2 Å². The first-order valence-electron chi connectivity index (χ1n) is 6.47. The third-order valence-corrected chi connectivity index (χ3v) is 2.76. The molecular weight excluding hydrogens is 281 g/mol. The van der Waals surface area contributed by atoms with Crippen LogP contribution in [-0.4, -0.2) is 18.1 Å². The summed E-state index contributed by atoms with van der Waals surface area (Å²) in [6, 6.07) is 10.8. The minimum atomic E-state index is -4.40. The van der Waals surface area contributed by atoms with Crippen molar-refractivity contribution in [3.63, 3.8) is 0 Å². The van der Waals surface area contributed by atoms with E-state index in [9.17, 15) is 13.2 Å². The molecule has 1 aromatic carbocycles. The third kappa shape index (κ3) is 4.75. The fraction of sp³-hybridized carbons (Fsp3) is 0.267. The summed E-state index contributed by atoms with van der Waals surface area (Å²) in [5, 5.41) is 3.06. The van der Waals surface area contributed by atoms with Crippen molar-refractivity contribution < 1.29 is 17.9 Å². The SMILES string of the molecule is FC(F)(F)c1ccccc1OCCNCc1ccccn1. The van der Waals surface area contributed by atoms with Gasteiger partial charge in [0.1, 0.15) is 12.4 Å². The summed E-state index contributed by atoms with van der Waals surface area (Å²) in [4.78, 5) is 4.13. The molecule has 0 saturated carbocycles. The molecule has 1 heterocycles. The molecule has 0 atom stereocenters. The highest BCUT2D eigenvalue weighted by Gasteiger charge is 2.33. The van der Waals surface area contributed by atoms with Gasteiger partial charge in [-0.1, -0.05) is 18.2 Å². The molecular formula is C15H15F3N2O. The van der Waals surface area contributed by atoms with E-state index < -0.39 is 11.7 Å². The predicted molar refractivity (Wildman–Crippen MR) is 72.9 cm³/mol. The lowest BCUT2D eigenvalue weighted by Crippen LogP contribution is -2.21. The molecule has 0 fully saturated rings. The van der Waals surface area contributed by atoms with Crippen LogP contribution in [0.4, 0.5) is 13.2 Å². The third-order valence-electron chi connectivity index (χ3n) is 2.76. The molecule has 1 N–H and O–H groups in total. The van der Waals surface area contributed by atoms with E-state index in [2.05, 4.69) is 10.3 Å². The number of nitrogens with one attached hydrogen (secondary N) is 1. The highest BCUT2D eigenvalue weighted by molar-refractivity contribution is 5.35. The number of ether oxygens (including phenoxy) is 1. The predicted octanol–water partition coefficient (Wildman–Crippen LogP) is 3.27. The number of para-hydroxylation sites is 1. The van der Waals surface area contributed by atoms with Crippen molar-refractivity contribution in [1.29, 1.82) is 0 Å². The minimum Gasteiger partial charge on any atom is -0.492 e. The monoisotopic (exact) mass is 296 g/mol. The van der Waals surface area contributed by atoms with Gasteiger partial charge < -0.3 is 10.1 Å². The first kappa shape index (κ1) is 15.3. The second kappa shape index (κ2) is 7.08. The van der Waals surface area contributed by atoms with Crippen molar-refractivity contribution in [3.8, 4) is 5.75 Å². The lowest BCUT2D eigenvalue weighted by atomic mass is 10.2. The number of pyridine rings is 1. The number of aromatic nitrogens is 1. The highest BCUT2D eigenvalue weighted by atomic mass is 19.4. The standard InChI is InChI=1S/C15H15F3N2O/c16-15(17,18)13-6-1-2-7-14(13)21-10-9-19-11-12-5-3-4-8-20-12/h1-8,19H,9-11H2. The van der Waals surface area contributed by atoms with Crippen LogP contribution < -0.4 is 10.1 Å². The minimum absolute atomic E-state index is 0.148. The second-order valence-electron chi connectivity index (χ2n) is 4.34. The Morgan fingerprint density at radius 1 is 1.05 bits per heavy atom. The molecule has 2 rings (SSSR count). The Hall–Kier alpha value is -2.08. The number of alkyl halides is 3. The van der Waals surface area contributed by atoms with Crippen LogP contribution in [0.25, 0.3) is 0 Å². The van der Waals surface area contributed by atoms with Crippen LogP contribution in [0.3, 0.4) is 0 Å². The summed E-state index contributed by atoms with van der Waals surface area (Å²) >= 11 is 0. The average molecular weight is 296 g/mol. The molecule has 0 saturated heterocycles. The van der Waals surface area contributed by atoms with Gasteiger partial charge in [-0.3, -0.25) is 4.98 Å². The van der Waals surface area contributed by atoms with Crippen molar-refractivity contribution in [2.24, 2.45) is 0 Å². The first-order valence-corrected chi connectivity index (χ1v) is 6.47. The lowest BCUT2D eigenvalue weighted by molar-refractivity contribution is -0.138. The highest BCUT2D eigenvalue weighted by Crippen LogP contribution is 2.35. The summed E-state index contributed by atoms with van der Waals surface area (Å²) in [6.45, 7) is 1.13. The number of benzene rings is 1. The quantitative estimate of drug-likeness (QED) is 0.831. The normalized spacial score (nSPS) is 11.4. The molecule has 0 spiro atoms. The van der Waals surface area contributed by atoms with Crippen LogP contribution >= 0.6 is 0 Å². The van der Waals surface area contributed by atoms with Gasteiger partial charge in [-0.05, 0) is 24.3 Å². The molecule has 112 valence electrons. The Morgan fingerprint density at radius 3 is 2.52 bits per heavy atom. The lowest BCUT2D eigenvalue weighted by Gasteiger charge is -2.13. The van der Waals surface area contributed by atoms with Gasteiger partial charge in [0, 0.05) is 19.3 Å². The summed E-state index contributed by atoms with van der Waals surface area (Å²) < 4.78 is 43.4.